The molecule has 0 atom stereocenters. The van der Waals surface area contributed by atoms with Crippen molar-refractivity contribution in [2.24, 2.45) is 0 Å². The van der Waals surface area contributed by atoms with Gasteiger partial charge in [0.15, 0.2) is 0 Å². The highest BCUT2D eigenvalue weighted by molar-refractivity contribution is 9.10. The molecule has 14 heavy (non-hydrogen) atoms. The average molecular weight is 286 g/mol. The summed E-state index contributed by atoms with van der Waals surface area (Å²) >= 11 is 2.99. The Kier molecular flexibility index (Phi) is 4.82. The van der Waals surface area contributed by atoms with Crippen molar-refractivity contribution in [3.8, 4) is 0 Å². The summed E-state index contributed by atoms with van der Waals surface area (Å²) in [6.45, 7) is 3.83. The van der Waals surface area contributed by atoms with Crippen LogP contribution < -0.4 is 0 Å². The number of alkyl halides is 1. The molecule has 1 heterocycles. The fourth-order valence-electron chi connectivity index (χ4n) is 1.58. The van der Waals surface area contributed by atoms with E-state index in [-0.39, 0.29) is 10.8 Å². The first-order valence-corrected chi connectivity index (χ1v) is 7.48. The molecule has 0 aromatic rings. The molecule has 0 aromatic heterocycles. The Bertz CT molecular complexity index is 260. The lowest BCUT2D eigenvalue weighted by atomic mass is 10.1. The van der Waals surface area contributed by atoms with Gasteiger partial charge in [-0.3, -0.25) is 0 Å². The van der Waals surface area contributed by atoms with Crippen LogP contribution in [-0.2, 0) is 14.8 Å². The summed E-state index contributed by atoms with van der Waals surface area (Å²) in [4.78, 5) is 0. The Labute approximate surface area is 93.8 Å². The highest BCUT2D eigenvalue weighted by atomic mass is 79.9. The van der Waals surface area contributed by atoms with Gasteiger partial charge in [0.05, 0.1) is 6.10 Å². The molecule has 0 bridgehead atoms. The molecule has 6 heteroatoms. The van der Waals surface area contributed by atoms with E-state index in [1.165, 1.54) is 4.31 Å². The molecule has 0 unspecified atom stereocenters. The number of halogens is 1. The van der Waals surface area contributed by atoms with Crippen molar-refractivity contribution >= 4 is 26.0 Å². The van der Waals surface area contributed by atoms with Crippen molar-refractivity contribution in [3.63, 3.8) is 0 Å². The summed E-state index contributed by atoms with van der Waals surface area (Å²) in [6.07, 6.45) is 1.85. The number of rotatable bonds is 4. The summed E-state index contributed by atoms with van der Waals surface area (Å²) in [7, 11) is -3.07. The molecular formula is C8H16BrNO3S. The van der Waals surface area contributed by atoms with Gasteiger partial charge >= 0.3 is 0 Å². The Balaban J connectivity index is 2.43. The smallest absolute Gasteiger partial charge is 0.224 e. The quantitative estimate of drug-likeness (QED) is 0.729. The van der Waals surface area contributed by atoms with Crippen LogP contribution in [0.2, 0.25) is 0 Å². The van der Waals surface area contributed by atoms with E-state index in [2.05, 4.69) is 15.9 Å². The topological polar surface area (TPSA) is 46.6 Å². The third-order valence-electron chi connectivity index (χ3n) is 2.33. The maximum absolute atomic E-state index is 11.5. The second-order valence-corrected chi connectivity index (χ2v) is 6.55. The minimum atomic E-state index is -3.07. The van der Waals surface area contributed by atoms with E-state index in [1.807, 2.05) is 6.92 Å². The van der Waals surface area contributed by atoms with Gasteiger partial charge in [-0.15, -0.1) is 0 Å². The van der Waals surface area contributed by atoms with Crippen LogP contribution in [-0.4, -0.2) is 43.2 Å². The van der Waals surface area contributed by atoms with Gasteiger partial charge in [-0.1, -0.05) is 15.9 Å². The normalized spacial score (nSPS) is 21.3. The molecule has 0 amide bonds. The minimum Gasteiger partial charge on any atom is -0.378 e. The second-order valence-electron chi connectivity index (χ2n) is 3.27. The van der Waals surface area contributed by atoms with Gasteiger partial charge in [-0.05, 0) is 19.8 Å². The molecule has 1 fully saturated rings. The summed E-state index contributed by atoms with van der Waals surface area (Å²) in [6, 6.07) is 0. The van der Waals surface area contributed by atoms with Gasteiger partial charge in [0.25, 0.3) is 0 Å². The maximum atomic E-state index is 11.5. The first-order valence-electron chi connectivity index (χ1n) is 4.75. The number of hydrogen-bond donors (Lipinski definition) is 0. The van der Waals surface area contributed by atoms with Crippen molar-refractivity contribution < 1.29 is 13.2 Å². The van der Waals surface area contributed by atoms with E-state index in [0.717, 1.165) is 12.8 Å². The van der Waals surface area contributed by atoms with Crippen LogP contribution in [0.15, 0.2) is 0 Å². The van der Waals surface area contributed by atoms with Crippen LogP contribution in [0.3, 0.4) is 0 Å². The monoisotopic (exact) mass is 285 g/mol. The van der Waals surface area contributed by atoms with Crippen molar-refractivity contribution in [1.82, 2.24) is 4.31 Å². The van der Waals surface area contributed by atoms with Crippen LogP contribution >= 0.6 is 15.9 Å². The lowest BCUT2D eigenvalue weighted by molar-refractivity contribution is 0.0291. The lowest BCUT2D eigenvalue weighted by Gasteiger charge is -2.30. The van der Waals surface area contributed by atoms with E-state index in [4.69, 9.17) is 4.74 Å². The molecule has 1 rings (SSSR count). The maximum Gasteiger partial charge on any atom is 0.224 e. The van der Waals surface area contributed by atoms with Crippen LogP contribution in [0, 0.1) is 0 Å². The molecule has 0 aromatic carbocycles. The van der Waals surface area contributed by atoms with E-state index >= 15 is 0 Å². The molecule has 4 nitrogen and oxygen atoms in total. The third kappa shape index (κ3) is 3.18. The molecule has 0 aliphatic carbocycles. The first kappa shape index (κ1) is 12.4. The molecule has 1 aliphatic rings. The van der Waals surface area contributed by atoms with E-state index in [1.54, 1.807) is 0 Å². The predicted octanol–water partition coefficient (Wildman–Crippen LogP) is 1.17. The highest BCUT2D eigenvalue weighted by Crippen LogP contribution is 2.17. The third-order valence-corrected chi connectivity index (χ3v) is 5.50. The summed E-state index contributed by atoms with van der Waals surface area (Å²) in [5.74, 6) is 0. The zero-order valence-electron chi connectivity index (χ0n) is 8.28. The average Bonchev–Trinajstić information content (AvgIpc) is 2.19. The Hall–Kier alpha value is 0.350. The fraction of sp³-hybridized carbons (Fsp3) is 1.00. The number of ether oxygens (including phenoxy) is 1. The van der Waals surface area contributed by atoms with Gasteiger partial charge in [0, 0.05) is 19.7 Å². The van der Waals surface area contributed by atoms with E-state index in [0.29, 0.717) is 19.7 Å². The van der Waals surface area contributed by atoms with Crippen LogP contribution in [0.1, 0.15) is 19.8 Å². The van der Waals surface area contributed by atoms with Gasteiger partial charge < -0.3 is 4.74 Å². The van der Waals surface area contributed by atoms with Crippen molar-refractivity contribution in [3.05, 3.63) is 0 Å². The van der Waals surface area contributed by atoms with Crippen LogP contribution in [0.25, 0.3) is 0 Å². The Morgan fingerprint density at radius 1 is 1.43 bits per heavy atom. The standard InChI is InChI=1S/C8H16BrNO3S/c1-2-13-8-3-5-10(6-4-8)14(11,12)7-9/h8H,2-7H2,1H3. The zero-order chi connectivity index (χ0) is 10.6. The SMILES string of the molecule is CCOC1CCN(S(=O)(=O)CBr)CC1. The summed E-state index contributed by atoms with van der Waals surface area (Å²) < 4.78 is 29.9. The minimum absolute atomic E-state index is 0.0132. The largest absolute Gasteiger partial charge is 0.378 e. The molecule has 1 aliphatic heterocycles. The fourth-order valence-corrected chi connectivity index (χ4v) is 3.36. The number of hydrogen-bond acceptors (Lipinski definition) is 3. The van der Waals surface area contributed by atoms with Crippen molar-refractivity contribution in [2.45, 2.75) is 25.9 Å². The molecule has 0 saturated carbocycles. The van der Waals surface area contributed by atoms with E-state index < -0.39 is 10.0 Å². The number of nitrogens with zero attached hydrogens (tertiary/aromatic N) is 1. The van der Waals surface area contributed by atoms with Gasteiger partial charge in [-0.2, -0.15) is 0 Å². The van der Waals surface area contributed by atoms with Crippen molar-refractivity contribution in [1.29, 1.82) is 0 Å². The number of sulfonamides is 1. The van der Waals surface area contributed by atoms with E-state index in [9.17, 15) is 8.42 Å². The van der Waals surface area contributed by atoms with Gasteiger partial charge in [-0.25, -0.2) is 12.7 Å². The molecular weight excluding hydrogens is 270 g/mol. The molecule has 0 spiro atoms. The highest BCUT2D eigenvalue weighted by Gasteiger charge is 2.26. The van der Waals surface area contributed by atoms with Crippen LogP contribution in [0.5, 0.6) is 0 Å². The molecule has 0 radical (unpaired) electrons. The van der Waals surface area contributed by atoms with Gasteiger partial charge in [0.2, 0.25) is 10.0 Å². The molecule has 84 valence electrons. The zero-order valence-corrected chi connectivity index (χ0v) is 10.7. The Morgan fingerprint density at radius 3 is 2.43 bits per heavy atom. The Morgan fingerprint density at radius 2 is 2.00 bits per heavy atom. The number of piperidine rings is 1. The van der Waals surface area contributed by atoms with Crippen molar-refractivity contribution in [2.75, 3.05) is 24.4 Å². The first-order chi connectivity index (χ1) is 6.60. The van der Waals surface area contributed by atoms with Gasteiger partial charge in [0.1, 0.15) is 4.66 Å². The summed E-state index contributed by atoms with van der Waals surface area (Å²) in [5.41, 5.74) is 0. The summed E-state index contributed by atoms with van der Waals surface area (Å²) in [5, 5.41) is 0. The van der Waals surface area contributed by atoms with Crippen LogP contribution in [0.4, 0.5) is 0 Å². The second kappa shape index (κ2) is 5.44. The molecule has 1 saturated heterocycles. The lowest BCUT2D eigenvalue weighted by Crippen LogP contribution is -2.41. The molecule has 0 N–H and O–H groups in total. The predicted molar refractivity (Wildman–Crippen MR) is 58.9 cm³/mol.